The van der Waals surface area contributed by atoms with Gasteiger partial charge in [0.1, 0.15) is 6.04 Å². The molecule has 1 unspecified atom stereocenters. The second kappa shape index (κ2) is 8.52. The van der Waals surface area contributed by atoms with Crippen molar-refractivity contribution in [3.63, 3.8) is 0 Å². The average molecular weight is 379 g/mol. The molecule has 0 saturated carbocycles. The minimum absolute atomic E-state index is 0.313. The van der Waals surface area contributed by atoms with Gasteiger partial charge in [0.2, 0.25) is 0 Å². The van der Waals surface area contributed by atoms with E-state index in [1.54, 1.807) is 42.5 Å². The lowest BCUT2D eigenvalue weighted by atomic mass is 10.0. The molecule has 0 aliphatic rings. The molecule has 0 saturated heterocycles. The number of anilines is 1. The van der Waals surface area contributed by atoms with Gasteiger partial charge in [-0.15, -0.1) is 0 Å². The first-order chi connectivity index (χ1) is 13.0. The molecule has 136 valence electrons. The Bertz CT molecular complexity index is 943. The summed E-state index contributed by atoms with van der Waals surface area (Å²) in [4.78, 5) is 25.5. The maximum atomic E-state index is 13.0. The number of benzene rings is 3. The van der Waals surface area contributed by atoms with Crippen molar-refractivity contribution >= 4 is 29.1 Å². The fourth-order valence-electron chi connectivity index (χ4n) is 2.72. The lowest BCUT2D eigenvalue weighted by Crippen LogP contribution is -2.37. The molecule has 0 radical (unpaired) electrons. The predicted molar refractivity (Wildman–Crippen MR) is 108 cm³/mol. The highest BCUT2D eigenvalue weighted by Crippen LogP contribution is 2.22. The highest BCUT2D eigenvalue weighted by molar-refractivity contribution is 6.30. The Morgan fingerprint density at radius 2 is 1.52 bits per heavy atom. The van der Waals surface area contributed by atoms with E-state index in [1.807, 2.05) is 43.3 Å². The van der Waals surface area contributed by atoms with Gasteiger partial charge in [-0.25, -0.2) is 0 Å². The van der Waals surface area contributed by atoms with Gasteiger partial charge in [-0.2, -0.15) is 0 Å². The van der Waals surface area contributed by atoms with E-state index >= 15 is 0 Å². The Morgan fingerprint density at radius 1 is 0.889 bits per heavy atom. The van der Waals surface area contributed by atoms with Gasteiger partial charge < -0.3 is 10.6 Å². The van der Waals surface area contributed by atoms with Crippen molar-refractivity contribution in [1.29, 1.82) is 0 Å². The van der Waals surface area contributed by atoms with E-state index in [1.165, 1.54) is 0 Å². The minimum Gasteiger partial charge on any atom is -0.336 e. The lowest BCUT2D eigenvalue weighted by Gasteiger charge is -2.20. The normalized spacial score (nSPS) is 11.5. The summed E-state index contributed by atoms with van der Waals surface area (Å²) in [5.41, 5.74) is 2.69. The molecule has 2 N–H and O–H groups in total. The summed E-state index contributed by atoms with van der Waals surface area (Å²) in [6.07, 6.45) is 0. The number of amides is 2. The zero-order valence-corrected chi connectivity index (χ0v) is 15.5. The molecule has 3 aromatic carbocycles. The van der Waals surface area contributed by atoms with E-state index in [9.17, 15) is 9.59 Å². The summed E-state index contributed by atoms with van der Waals surface area (Å²) in [7, 11) is 0. The summed E-state index contributed by atoms with van der Waals surface area (Å²) < 4.78 is 0. The van der Waals surface area contributed by atoms with Crippen LogP contribution in [0.4, 0.5) is 5.69 Å². The fraction of sp³-hybridized carbons (Fsp3) is 0.0909. The molecule has 4 nitrogen and oxygen atoms in total. The second-order valence-corrected chi connectivity index (χ2v) is 6.57. The molecule has 5 heteroatoms. The van der Waals surface area contributed by atoms with Crippen molar-refractivity contribution in [2.24, 2.45) is 0 Å². The highest BCUT2D eigenvalue weighted by atomic mass is 35.5. The van der Waals surface area contributed by atoms with Crippen molar-refractivity contribution in [2.75, 3.05) is 5.32 Å². The number of halogens is 1. The van der Waals surface area contributed by atoms with Gasteiger partial charge in [0.05, 0.1) is 0 Å². The average Bonchev–Trinajstić information content (AvgIpc) is 2.69. The van der Waals surface area contributed by atoms with Gasteiger partial charge >= 0.3 is 0 Å². The molecule has 0 heterocycles. The first-order valence-electron chi connectivity index (χ1n) is 8.52. The summed E-state index contributed by atoms with van der Waals surface area (Å²) in [5.74, 6) is -0.636. The summed E-state index contributed by atoms with van der Waals surface area (Å²) in [5, 5.41) is 6.30. The molecule has 2 amide bonds. The molecule has 0 bridgehead atoms. The Morgan fingerprint density at radius 3 is 2.15 bits per heavy atom. The number of carbonyl (C=O) groups is 2. The molecule has 3 aromatic rings. The SMILES string of the molecule is Cc1cc(Cl)ccc1NC(=O)C(NC(=O)c1ccccc1)c1ccccc1. The molecular formula is C22H19ClN2O2. The molecule has 0 aromatic heterocycles. The van der Waals surface area contributed by atoms with Crippen molar-refractivity contribution in [3.8, 4) is 0 Å². The predicted octanol–water partition coefficient (Wildman–Crippen LogP) is 4.76. The van der Waals surface area contributed by atoms with E-state index in [-0.39, 0.29) is 11.8 Å². The number of carbonyl (C=O) groups excluding carboxylic acids is 2. The quantitative estimate of drug-likeness (QED) is 0.672. The molecule has 0 spiro atoms. The summed E-state index contributed by atoms with van der Waals surface area (Å²) in [6.45, 7) is 1.86. The van der Waals surface area contributed by atoms with E-state index < -0.39 is 6.04 Å². The zero-order valence-electron chi connectivity index (χ0n) is 14.8. The van der Waals surface area contributed by atoms with Crippen LogP contribution in [-0.4, -0.2) is 11.8 Å². The second-order valence-electron chi connectivity index (χ2n) is 6.13. The number of rotatable bonds is 5. The van der Waals surface area contributed by atoms with Gasteiger partial charge in [0.25, 0.3) is 11.8 Å². The highest BCUT2D eigenvalue weighted by Gasteiger charge is 2.23. The Hall–Kier alpha value is -3.11. The zero-order chi connectivity index (χ0) is 19.2. The van der Waals surface area contributed by atoms with Crippen LogP contribution in [0.15, 0.2) is 78.9 Å². The van der Waals surface area contributed by atoms with Gasteiger partial charge in [-0.05, 0) is 48.4 Å². The summed E-state index contributed by atoms with van der Waals surface area (Å²) >= 11 is 5.98. The monoisotopic (exact) mass is 378 g/mol. The van der Waals surface area contributed by atoms with Crippen LogP contribution in [0.2, 0.25) is 5.02 Å². The Balaban J connectivity index is 1.85. The lowest BCUT2D eigenvalue weighted by molar-refractivity contribution is -0.118. The molecule has 0 aliphatic heterocycles. The third-order valence-electron chi connectivity index (χ3n) is 4.15. The van der Waals surface area contributed by atoms with Crippen molar-refractivity contribution in [3.05, 3.63) is 101 Å². The number of nitrogens with one attached hydrogen (secondary N) is 2. The molecule has 0 aliphatic carbocycles. The number of hydrogen-bond donors (Lipinski definition) is 2. The number of aryl methyl sites for hydroxylation is 1. The fourth-order valence-corrected chi connectivity index (χ4v) is 2.95. The smallest absolute Gasteiger partial charge is 0.252 e. The molecule has 27 heavy (non-hydrogen) atoms. The third-order valence-corrected chi connectivity index (χ3v) is 4.39. The van der Waals surface area contributed by atoms with Gasteiger partial charge in [-0.3, -0.25) is 9.59 Å². The van der Waals surface area contributed by atoms with Gasteiger partial charge in [0.15, 0.2) is 0 Å². The van der Waals surface area contributed by atoms with Crippen molar-refractivity contribution < 1.29 is 9.59 Å². The molecular weight excluding hydrogens is 360 g/mol. The molecule has 3 rings (SSSR count). The number of hydrogen-bond acceptors (Lipinski definition) is 2. The maximum Gasteiger partial charge on any atom is 0.252 e. The van der Waals surface area contributed by atoms with Crippen LogP contribution >= 0.6 is 11.6 Å². The standard InChI is InChI=1S/C22H19ClN2O2/c1-15-14-18(23)12-13-19(15)24-22(27)20(16-8-4-2-5-9-16)25-21(26)17-10-6-3-7-11-17/h2-14,20H,1H3,(H,24,27)(H,25,26). The van der Waals surface area contributed by atoms with Crippen LogP contribution in [0.3, 0.4) is 0 Å². The summed E-state index contributed by atoms with van der Waals surface area (Å²) in [6, 6.07) is 22.4. The van der Waals surface area contributed by atoms with E-state index in [2.05, 4.69) is 10.6 Å². The first-order valence-corrected chi connectivity index (χ1v) is 8.90. The topological polar surface area (TPSA) is 58.2 Å². The van der Waals surface area contributed by atoms with Crippen LogP contribution in [0.25, 0.3) is 0 Å². The van der Waals surface area contributed by atoms with E-state index in [0.29, 0.717) is 21.8 Å². The van der Waals surface area contributed by atoms with Crippen molar-refractivity contribution in [2.45, 2.75) is 13.0 Å². The van der Waals surface area contributed by atoms with Gasteiger partial charge in [-0.1, -0.05) is 60.1 Å². The van der Waals surface area contributed by atoms with Crippen LogP contribution in [0.5, 0.6) is 0 Å². The Kier molecular flexibility index (Phi) is 5.89. The first kappa shape index (κ1) is 18.7. The largest absolute Gasteiger partial charge is 0.336 e. The molecule has 0 fully saturated rings. The van der Waals surface area contributed by atoms with Crippen molar-refractivity contribution in [1.82, 2.24) is 5.32 Å². The van der Waals surface area contributed by atoms with E-state index in [4.69, 9.17) is 11.6 Å². The van der Waals surface area contributed by atoms with Gasteiger partial charge in [0, 0.05) is 16.3 Å². The maximum absolute atomic E-state index is 13.0. The van der Waals surface area contributed by atoms with E-state index in [0.717, 1.165) is 5.56 Å². The van der Waals surface area contributed by atoms with Crippen LogP contribution in [-0.2, 0) is 4.79 Å². The Labute approximate surface area is 163 Å². The molecule has 1 atom stereocenters. The van der Waals surface area contributed by atoms with Crippen LogP contribution < -0.4 is 10.6 Å². The van der Waals surface area contributed by atoms with Crippen LogP contribution in [0.1, 0.15) is 27.5 Å². The van der Waals surface area contributed by atoms with Crippen LogP contribution in [0, 0.1) is 6.92 Å². The minimum atomic E-state index is -0.825. The third kappa shape index (κ3) is 4.74.